The number of halogens is 6. The molecule has 15 heteroatoms. The van der Waals surface area contributed by atoms with Gasteiger partial charge in [0.1, 0.15) is 0 Å². The van der Waals surface area contributed by atoms with E-state index in [1.165, 1.54) is 12.1 Å². The van der Waals surface area contributed by atoms with Crippen molar-refractivity contribution in [1.82, 2.24) is 25.1 Å². The van der Waals surface area contributed by atoms with E-state index < -0.39 is 30.5 Å². The SMILES string of the molecule is Cc1nnc(-c2ccc(-c3ccc(CNc4nc(Nc5cccc(C(F)(F)F)c5)nc(OCC(F)(F)F)n4)cc3)cc2)o1. The maximum absolute atomic E-state index is 13.1. The number of benzene rings is 3. The van der Waals surface area contributed by atoms with Crippen LogP contribution in [-0.2, 0) is 12.7 Å². The third kappa shape index (κ3) is 7.96. The Balaban J connectivity index is 1.29. The molecule has 0 saturated carbocycles. The monoisotopic (exact) mass is 601 g/mol. The molecule has 0 aliphatic rings. The smallest absolute Gasteiger partial charge is 0.422 e. The number of aryl methyl sites for hydroxylation is 1. The maximum atomic E-state index is 13.1. The molecule has 2 heterocycles. The van der Waals surface area contributed by atoms with Crippen molar-refractivity contribution < 1.29 is 35.5 Å². The highest BCUT2D eigenvalue weighted by molar-refractivity contribution is 5.67. The van der Waals surface area contributed by atoms with Gasteiger partial charge in [0.15, 0.2) is 6.61 Å². The first-order valence-corrected chi connectivity index (χ1v) is 12.5. The Bertz CT molecular complexity index is 1690. The second kappa shape index (κ2) is 12.0. The van der Waals surface area contributed by atoms with E-state index in [1.54, 1.807) is 6.92 Å². The predicted molar refractivity (Wildman–Crippen MR) is 143 cm³/mol. The molecule has 0 aliphatic heterocycles. The van der Waals surface area contributed by atoms with Crippen LogP contribution in [-0.4, -0.2) is 37.9 Å². The van der Waals surface area contributed by atoms with Gasteiger partial charge in [-0.15, -0.1) is 10.2 Å². The average Bonchev–Trinajstić information content (AvgIpc) is 3.41. The van der Waals surface area contributed by atoms with E-state index >= 15 is 0 Å². The van der Waals surface area contributed by atoms with Crippen molar-refractivity contribution in [2.24, 2.45) is 0 Å². The summed E-state index contributed by atoms with van der Waals surface area (Å²) in [5, 5.41) is 13.3. The molecular formula is C28H21F6N7O2. The second-order valence-electron chi connectivity index (χ2n) is 9.13. The summed E-state index contributed by atoms with van der Waals surface area (Å²) >= 11 is 0. The highest BCUT2D eigenvalue weighted by Crippen LogP contribution is 2.31. The first kappa shape index (κ1) is 29.3. The first-order chi connectivity index (χ1) is 20.4. The molecule has 2 N–H and O–H groups in total. The van der Waals surface area contributed by atoms with E-state index in [0.717, 1.165) is 34.4 Å². The molecule has 43 heavy (non-hydrogen) atoms. The summed E-state index contributed by atoms with van der Waals surface area (Å²) in [6, 6.07) is 18.5. The van der Waals surface area contributed by atoms with Crippen LogP contribution in [0.1, 0.15) is 17.0 Å². The van der Waals surface area contributed by atoms with Crippen molar-refractivity contribution >= 4 is 17.6 Å². The summed E-state index contributed by atoms with van der Waals surface area (Å²) in [6.45, 7) is 0.206. The number of nitrogens with one attached hydrogen (secondary N) is 2. The lowest BCUT2D eigenvalue weighted by atomic mass is 10.0. The number of nitrogens with zero attached hydrogens (tertiary/aromatic N) is 5. The number of rotatable bonds is 9. The lowest BCUT2D eigenvalue weighted by molar-refractivity contribution is -0.154. The number of ether oxygens (including phenoxy) is 1. The van der Waals surface area contributed by atoms with Crippen molar-refractivity contribution in [3.8, 4) is 28.6 Å². The second-order valence-corrected chi connectivity index (χ2v) is 9.13. The van der Waals surface area contributed by atoms with Crippen LogP contribution in [0.5, 0.6) is 6.01 Å². The minimum Gasteiger partial charge on any atom is -0.454 e. The van der Waals surface area contributed by atoms with Crippen molar-refractivity contribution in [2.75, 3.05) is 17.2 Å². The van der Waals surface area contributed by atoms with Crippen LogP contribution in [0, 0.1) is 6.92 Å². The van der Waals surface area contributed by atoms with Gasteiger partial charge < -0.3 is 19.8 Å². The quantitative estimate of drug-likeness (QED) is 0.169. The van der Waals surface area contributed by atoms with Crippen LogP contribution in [0.25, 0.3) is 22.6 Å². The standard InChI is InChI=1S/C28H21F6N7O2/c1-16-40-41-23(43-16)20-11-9-19(10-12-20)18-7-5-17(6-8-18)14-35-24-37-25(39-26(38-24)42-15-27(29,30)31)36-22-4-2-3-21(13-22)28(32,33)34/h2-13H,14-15H2,1H3,(H2,35,36,37,38,39). The molecule has 0 atom stereocenters. The van der Waals surface area contributed by atoms with Crippen LogP contribution >= 0.6 is 0 Å². The fraction of sp³-hybridized carbons (Fsp3) is 0.179. The van der Waals surface area contributed by atoms with Gasteiger partial charge in [0.2, 0.25) is 23.7 Å². The van der Waals surface area contributed by atoms with E-state index in [4.69, 9.17) is 4.42 Å². The molecule has 0 aliphatic carbocycles. The van der Waals surface area contributed by atoms with Crippen LogP contribution in [0.15, 0.2) is 77.2 Å². The van der Waals surface area contributed by atoms with E-state index in [2.05, 4.69) is 40.5 Å². The maximum Gasteiger partial charge on any atom is 0.422 e. The van der Waals surface area contributed by atoms with Gasteiger partial charge in [0.25, 0.3) is 0 Å². The van der Waals surface area contributed by atoms with E-state index in [1.807, 2.05) is 48.5 Å². The van der Waals surface area contributed by atoms with Gasteiger partial charge in [-0.2, -0.15) is 41.3 Å². The Labute approximate surface area is 240 Å². The summed E-state index contributed by atoms with van der Waals surface area (Å²) < 4.78 is 87.6. The molecule has 0 spiro atoms. The van der Waals surface area contributed by atoms with Crippen molar-refractivity contribution in [3.63, 3.8) is 0 Å². The van der Waals surface area contributed by atoms with Crippen LogP contribution in [0.3, 0.4) is 0 Å². The predicted octanol–water partition coefficient (Wildman–Crippen LogP) is 7.21. The number of hydrogen-bond acceptors (Lipinski definition) is 9. The third-order valence-corrected chi connectivity index (χ3v) is 5.82. The Morgan fingerprint density at radius 2 is 1.42 bits per heavy atom. The molecule has 3 aromatic carbocycles. The Morgan fingerprint density at radius 1 is 0.767 bits per heavy atom. The molecule has 0 amide bonds. The van der Waals surface area contributed by atoms with Gasteiger partial charge in [-0.3, -0.25) is 0 Å². The minimum absolute atomic E-state index is 0.0374. The number of aromatic nitrogens is 5. The molecule has 2 aromatic heterocycles. The summed E-state index contributed by atoms with van der Waals surface area (Å²) in [4.78, 5) is 11.7. The molecule has 0 radical (unpaired) electrons. The zero-order valence-electron chi connectivity index (χ0n) is 22.2. The zero-order valence-corrected chi connectivity index (χ0v) is 22.2. The molecule has 0 saturated heterocycles. The Morgan fingerprint density at radius 3 is 2.05 bits per heavy atom. The summed E-state index contributed by atoms with van der Waals surface area (Å²) in [5.74, 6) is 0.415. The fourth-order valence-corrected chi connectivity index (χ4v) is 3.82. The lowest BCUT2D eigenvalue weighted by Gasteiger charge is -2.13. The van der Waals surface area contributed by atoms with E-state index in [9.17, 15) is 26.3 Å². The van der Waals surface area contributed by atoms with Crippen molar-refractivity contribution in [2.45, 2.75) is 25.8 Å². The highest BCUT2D eigenvalue weighted by Gasteiger charge is 2.31. The molecule has 5 rings (SSSR count). The summed E-state index contributed by atoms with van der Waals surface area (Å²) in [5.41, 5.74) is 2.46. The first-order valence-electron chi connectivity index (χ1n) is 12.5. The fourth-order valence-electron chi connectivity index (χ4n) is 3.82. The van der Waals surface area contributed by atoms with Gasteiger partial charge in [0, 0.05) is 24.7 Å². The molecule has 0 fully saturated rings. The Kier molecular flexibility index (Phi) is 8.14. The van der Waals surface area contributed by atoms with Crippen molar-refractivity contribution in [3.05, 3.63) is 89.8 Å². The van der Waals surface area contributed by atoms with Gasteiger partial charge >= 0.3 is 18.4 Å². The number of anilines is 3. The summed E-state index contributed by atoms with van der Waals surface area (Å²) in [6.07, 6.45) is -9.26. The normalized spacial score (nSPS) is 11.8. The van der Waals surface area contributed by atoms with Crippen LogP contribution in [0.2, 0.25) is 0 Å². The zero-order chi connectivity index (χ0) is 30.6. The van der Waals surface area contributed by atoms with Crippen LogP contribution < -0.4 is 15.4 Å². The highest BCUT2D eigenvalue weighted by atomic mass is 19.4. The van der Waals surface area contributed by atoms with Crippen LogP contribution in [0.4, 0.5) is 43.9 Å². The molecule has 222 valence electrons. The summed E-state index contributed by atoms with van der Waals surface area (Å²) in [7, 11) is 0. The topological polar surface area (TPSA) is 111 Å². The minimum atomic E-state index is -4.66. The third-order valence-electron chi connectivity index (χ3n) is 5.82. The lowest BCUT2D eigenvalue weighted by Crippen LogP contribution is -2.21. The van der Waals surface area contributed by atoms with Gasteiger partial charge in [-0.1, -0.05) is 42.5 Å². The molecule has 0 unspecified atom stereocenters. The van der Waals surface area contributed by atoms with E-state index in [-0.39, 0.29) is 24.1 Å². The van der Waals surface area contributed by atoms with Gasteiger partial charge in [-0.25, -0.2) is 0 Å². The van der Waals surface area contributed by atoms with Crippen molar-refractivity contribution in [1.29, 1.82) is 0 Å². The molecular weight excluding hydrogens is 580 g/mol. The number of hydrogen-bond donors (Lipinski definition) is 2. The average molecular weight is 602 g/mol. The van der Waals surface area contributed by atoms with E-state index in [0.29, 0.717) is 11.8 Å². The molecule has 5 aromatic rings. The largest absolute Gasteiger partial charge is 0.454 e. The molecule has 0 bridgehead atoms. The number of alkyl halides is 6. The van der Waals surface area contributed by atoms with Gasteiger partial charge in [0.05, 0.1) is 5.56 Å². The Hall–Kier alpha value is -5.21. The molecule has 9 nitrogen and oxygen atoms in total. The van der Waals surface area contributed by atoms with Gasteiger partial charge in [-0.05, 0) is 47.0 Å².